The van der Waals surface area contributed by atoms with Crippen LogP contribution in [-0.2, 0) is 4.74 Å². The fourth-order valence-corrected chi connectivity index (χ4v) is 2.42. The first kappa shape index (κ1) is 15.5. The maximum absolute atomic E-state index is 14.0. The average Bonchev–Trinajstić information content (AvgIpc) is 2.80. The van der Waals surface area contributed by atoms with Gasteiger partial charge in [-0.25, -0.2) is 19.6 Å². The summed E-state index contributed by atoms with van der Waals surface area (Å²) in [6.07, 6.45) is 1.80. The number of rotatable bonds is 6. The molecule has 0 bridgehead atoms. The normalized spacial score (nSPS) is 19.7. The van der Waals surface area contributed by atoms with Crippen LogP contribution in [0.4, 0.5) is 9.18 Å². The molecule has 1 aromatic carbocycles. The van der Waals surface area contributed by atoms with Crippen molar-refractivity contribution in [3.8, 4) is 0 Å². The summed E-state index contributed by atoms with van der Waals surface area (Å²) in [4.78, 5) is 11.9. The quantitative estimate of drug-likeness (QED) is 0.817. The van der Waals surface area contributed by atoms with Gasteiger partial charge in [-0.3, -0.25) is 0 Å². The number of nitrogens with one attached hydrogen (secondary N) is 1. The van der Waals surface area contributed by atoms with Gasteiger partial charge in [-0.15, -0.1) is 6.58 Å². The number of hydrogen-bond acceptors (Lipinski definition) is 3. The van der Waals surface area contributed by atoms with E-state index in [1.807, 2.05) is 13.8 Å². The predicted octanol–water partition coefficient (Wildman–Crippen LogP) is 3.42. The molecule has 1 aliphatic rings. The van der Waals surface area contributed by atoms with Gasteiger partial charge in [0.25, 0.3) is 0 Å². The maximum Gasteiger partial charge on any atom is 0.424 e. The molecule has 1 saturated heterocycles. The van der Waals surface area contributed by atoms with Crippen LogP contribution < -0.4 is 5.43 Å². The van der Waals surface area contributed by atoms with Gasteiger partial charge in [0.2, 0.25) is 0 Å². The zero-order chi connectivity index (χ0) is 15.4. The van der Waals surface area contributed by atoms with Crippen molar-refractivity contribution in [2.75, 3.05) is 6.61 Å². The first-order valence-electron chi connectivity index (χ1n) is 7.12. The van der Waals surface area contributed by atoms with Crippen molar-refractivity contribution in [2.24, 2.45) is 5.92 Å². The molecular weight excluding hydrogens is 271 g/mol. The van der Waals surface area contributed by atoms with Crippen LogP contribution in [0.15, 0.2) is 36.9 Å². The number of cyclic esters (lactones) is 1. The Kier molecular flexibility index (Phi) is 4.96. The van der Waals surface area contributed by atoms with Gasteiger partial charge in [0.05, 0.1) is 12.1 Å². The van der Waals surface area contributed by atoms with Gasteiger partial charge >= 0.3 is 6.09 Å². The number of amides is 1. The number of hydrogen-bond donors (Lipinski definition) is 1. The molecule has 0 aliphatic carbocycles. The molecule has 1 N–H and O–H groups in total. The second kappa shape index (κ2) is 6.72. The SMILES string of the molecule is C=CC[C@H](NN1C(=O)OC[C@@H]1C(C)C)c1ccccc1F. The Morgan fingerprint density at radius 1 is 1.52 bits per heavy atom. The van der Waals surface area contributed by atoms with E-state index in [1.165, 1.54) is 11.1 Å². The lowest BCUT2D eigenvalue weighted by Crippen LogP contribution is -2.48. The first-order chi connectivity index (χ1) is 10.0. The lowest BCUT2D eigenvalue weighted by atomic mass is 10.0. The van der Waals surface area contributed by atoms with Gasteiger partial charge in [0.15, 0.2) is 0 Å². The van der Waals surface area contributed by atoms with Gasteiger partial charge in [0.1, 0.15) is 12.4 Å². The smallest absolute Gasteiger partial charge is 0.424 e. The molecule has 0 unspecified atom stereocenters. The maximum atomic E-state index is 14.0. The highest BCUT2D eigenvalue weighted by Gasteiger charge is 2.36. The van der Waals surface area contributed by atoms with Crippen molar-refractivity contribution in [1.29, 1.82) is 0 Å². The molecule has 4 nitrogen and oxygen atoms in total. The molecule has 1 amide bonds. The van der Waals surface area contributed by atoms with Gasteiger partial charge in [0, 0.05) is 5.56 Å². The minimum absolute atomic E-state index is 0.0587. The number of halogens is 1. The highest BCUT2D eigenvalue weighted by molar-refractivity contribution is 5.69. The van der Waals surface area contributed by atoms with Crippen molar-refractivity contribution in [3.63, 3.8) is 0 Å². The number of hydrazine groups is 1. The molecule has 1 fully saturated rings. The van der Waals surface area contributed by atoms with Crippen LogP contribution in [0.2, 0.25) is 0 Å². The third kappa shape index (κ3) is 3.42. The van der Waals surface area contributed by atoms with Crippen molar-refractivity contribution in [2.45, 2.75) is 32.4 Å². The molecule has 0 radical (unpaired) electrons. The van der Waals surface area contributed by atoms with Crippen LogP contribution in [0.3, 0.4) is 0 Å². The first-order valence-corrected chi connectivity index (χ1v) is 7.12. The molecule has 0 saturated carbocycles. The average molecular weight is 292 g/mol. The van der Waals surface area contributed by atoms with Gasteiger partial charge in [-0.05, 0) is 18.4 Å². The number of nitrogens with zero attached hydrogens (tertiary/aromatic N) is 1. The second-order valence-corrected chi connectivity index (χ2v) is 5.49. The third-order valence-electron chi connectivity index (χ3n) is 3.65. The highest BCUT2D eigenvalue weighted by atomic mass is 19.1. The minimum Gasteiger partial charge on any atom is -0.446 e. The van der Waals surface area contributed by atoms with E-state index >= 15 is 0 Å². The van der Waals surface area contributed by atoms with Crippen molar-refractivity contribution in [3.05, 3.63) is 48.3 Å². The summed E-state index contributed by atoms with van der Waals surface area (Å²) >= 11 is 0. The molecule has 2 atom stereocenters. The van der Waals surface area contributed by atoms with Crippen molar-refractivity contribution < 1.29 is 13.9 Å². The lowest BCUT2D eigenvalue weighted by Gasteiger charge is -2.29. The molecule has 5 heteroatoms. The standard InChI is InChI=1S/C16H21FN2O2/c1-4-7-14(12-8-5-6-9-13(12)17)18-19-15(11(2)3)10-21-16(19)20/h4-6,8-9,11,14-15,18H,1,7,10H2,2-3H3/t14-,15+/m0/s1. The zero-order valence-corrected chi connectivity index (χ0v) is 12.4. The van der Waals surface area contributed by atoms with Gasteiger partial charge in [-0.2, -0.15) is 0 Å². The van der Waals surface area contributed by atoms with Crippen LogP contribution in [0.25, 0.3) is 0 Å². The Morgan fingerprint density at radius 3 is 2.86 bits per heavy atom. The van der Waals surface area contributed by atoms with Crippen LogP contribution in [0.1, 0.15) is 31.9 Å². The summed E-state index contributed by atoms with van der Waals surface area (Å²) in [5.41, 5.74) is 3.62. The molecule has 0 spiro atoms. The molecule has 1 heterocycles. The Morgan fingerprint density at radius 2 is 2.24 bits per heavy atom. The van der Waals surface area contributed by atoms with Crippen LogP contribution in [-0.4, -0.2) is 23.8 Å². The third-order valence-corrected chi connectivity index (χ3v) is 3.65. The van der Waals surface area contributed by atoms with E-state index in [-0.39, 0.29) is 23.8 Å². The van der Waals surface area contributed by atoms with E-state index in [0.29, 0.717) is 18.6 Å². The highest BCUT2D eigenvalue weighted by Crippen LogP contribution is 2.24. The number of benzene rings is 1. The fourth-order valence-electron chi connectivity index (χ4n) is 2.42. The Labute approximate surface area is 124 Å². The Balaban J connectivity index is 2.21. The largest absolute Gasteiger partial charge is 0.446 e. The van der Waals surface area contributed by atoms with E-state index in [0.717, 1.165) is 0 Å². The van der Waals surface area contributed by atoms with E-state index in [4.69, 9.17) is 4.74 Å². The molecule has 21 heavy (non-hydrogen) atoms. The van der Waals surface area contributed by atoms with E-state index in [2.05, 4.69) is 12.0 Å². The number of carbonyl (C=O) groups is 1. The summed E-state index contributed by atoms with van der Waals surface area (Å²) in [7, 11) is 0. The van der Waals surface area contributed by atoms with Crippen LogP contribution in [0, 0.1) is 11.7 Å². The number of carbonyl (C=O) groups excluding carboxylic acids is 1. The topological polar surface area (TPSA) is 41.6 Å². The zero-order valence-electron chi connectivity index (χ0n) is 12.4. The molecule has 114 valence electrons. The second-order valence-electron chi connectivity index (χ2n) is 5.49. The number of ether oxygens (including phenoxy) is 1. The minimum atomic E-state index is -0.417. The summed E-state index contributed by atoms with van der Waals surface area (Å²) in [5, 5.41) is 1.48. The van der Waals surface area contributed by atoms with Crippen LogP contribution >= 0.6 is 0 Å². The molecule has 2 rings (SSSR count). The summed E-state index contributed by atoms with van der Waals surface area (Å²) < 4.78 is 19.1. The molecule has 1 aromatic rings. The van der Waals surface area contributed by atoms with Crippen LogP contribution in [0.5, 0.6) is 0 Å². The van der Waals surface area contributed by atoms with E-state index < -0.39 is 6.09 Å². The predicted molar refractivity (Wildman–Crippen MR) is 78.9 cm³/mol. The Hall–Kier alpha value is -1.88. The molecule has 1 aliphatic heterocycles. The van der Waals surface area contributed by atoms with E-state index in [1.54, 1.807) is 24.3 Å². The van der Waals surface area contributed by atoms with E-state index in [9.17, 15) is 9.18 Å². The fraction of sp³-hybridized carbons (Fsp3) is 0.438. The van der Waals surface area contributed by atoms with Gasteiger partial charge < -0.3 is 4.74 Å². The van der Waals surface area contributed by atoms with Gasteiger partial charge in [-0.1, -0.05) is 38.1 Å². The molecular formula is C16H21FN2O2. The van der Waals surface area contributed by atoms with Crippen molar-refractivity contribution >= 4 is 6.09 Å². The molecule has 0 aromatic heterocycles. The summed E-state index contributed by atoms with van der Waals surface area (Å²) in [5.74, 6) is -0.0561. The lowest BCUT2D eigenvalue weighted by molar-refractivity contribution is 0.122. The monoisotopic (exact) mass is 292 g/mol. The Bertz CT molecular complexity index is 519. The van der Waals surface area contributed by atoms with Crippen molar-refractivity contribution in [1.82, 2.24) is 10.4 Å². The summed E-state index contributed by atoms with van der Waals surface area (Å²) in [6.45, 7) is 8.10. The summed E-state index contributed by atoms with van der Waals surface area (Å²) in [6, 6.07) is 6.13.